The summed E-state index contributed by atoms with van der Waals surface area (Å²) in [5, 5.41) is 3.49. The van der Waals surface area contributed by atoms with E-state index < -0.39 is 0 Å². The van der Waals surface area contributed by atoms with Crippen LogP contribution in [0.2, 0.25) is 5.02 Å². The first-order valence-corrected chi connectivity index (χ1v) is 7.02. The minimum Gasteiger partial charge on any atom is -0.374 e. The third kappa shape index (κ3) is 3.00. The molecule has 0 radical (unpaired) electrons. The van der Waals surface area contributed by atoms with Crippen LogP contribution >= 0.6 is 38.9 Å². The Hall–Kier alpha value is -0.580. The number of nitrogens with one attached hydrogen (secondary N) is 1. The fraction of sp³-hybridized carbons (Fsp3) is 0.167. The second-order valence-electron chi connectivity index (χ2n) is 3.60. The van der Waals surface area contributed by atoms with Gasteiger partial charge in [-0.3, -0.25) is 0 Å². The lowest BCUT2D eigenvalue weighted by molar-refractivity contribution is 0.628. The molecular formula is C12H10BrClFNS. The van der Waals surface area contributed by atoms with Gasteiger partial charge >= 0.3 is 0 Å². The molecule has 0 saturated carbocycles. The number of halogens is 3. The van der Waals surface area contributed by atoms with Gasteiger partial charge < -0.3 is 5.32 Å². The standard InChI is InChI=1S/C12H10BrClFNS/c1-7(10-5-6-11(13)17-10)16-12-8(14)3-2-4-9(12)15/h2-7,16H,1H3. The summed E-state index contributed by atoms with van der Waals surface area (Å²) in [5.41, 5.74) is 0.353. The Kier molecular flexibility index (Phi) is 4.07. The van der Waals surface area contributed by atoms with E-state index in [1.165, 1.54) is 6.07 Å². The monoisotopic (exact) mass is 333 g/mol. The van der Waals surface area contributed by atoms with E-state index >= 15 is 0 Å². The summed E-state index contributed by atoms with van der Waals surface area (Å²) >= 11 is 11.0. The summed E-state index contributed by atoms with van der Waals surface area (Å²) in [5.74, 6) is -0.333. The van der Waals surface area contributed by atoms with Crippen molar-refractivity contribution < 1.29 is 4.39 Å². The van der Waals surface area contributed by atoms with E-state index in [2.05, 4.69) is 21.2 Å². The molecule has 0 aliphatic carbocycles. The molecule has 5 heteroatoms. The zero-order chi connectivity index (χ0) is 12.4. The van der Waals surface area contributed by atoms with Gasteiger partial charge in [-0.25, -0.2) is 4.39 Å². The van der Waals surface area contributed by atoms with Crippen molar-refractivity contribution in [1.29, 1.82) is 0 Å². The summed E-state index contributed by atoms with van der Waals surface area (Å²) in [6, 6.07) is 8.65. The van der Waals surface area contributed by atoms with E-state index in [1.807, 2.05) is 19.1 Å². The molecule has 1 heterocycles. The molecule has 0 aliphatic heterocycles. The van der Waals surface area contributed by atoms with Crippen molar-refractivity contribution in [2.45, 2.75) is 13.0 Å². The molecule has 1 aromatic carbocycles. The van der Waals surface area contributed by atoms with Gasteiger partial charge in [0, 0.05) is 4.88 Å². The molecule has 0 saturated heterocycles. The highest BCUT2D eigenvalue weighted by atomic mass is 79.9. The lowest BCUT2D eigenvalue weighted by Gasteiger charge is -2.15. The van der Waals surface area contributed by atoms with Crippen LogP contribution in [-0.2, 0) is 0 Å². The van der Waals surface area contributed by atoms with Crippen molar-refractivity contribution in [3.63, 3.8) is 0 Å². The zero-order valence-corrected chi connectivity index (χ0v) is 12.2. The quantitative estimate of drug-likeness (QED) is 0.784. The number of para-hydroxylation sites is 1. The maximum absolute atomic E-state index is 13.6. The summed E-state index contributed by atoms with van der Waals surface area (Å²) in [4.78, 5) is 1.12. The van der Waals surface area contributed by atoms with Gasteiger partial charge in [-0.1, -0.05) is 17.7 Å². The van der Waals surface area contributed by atoms with Crippen LogP contribution in [0.3, 0.4) is 0 Å². The number of hydrogen-bond acceptors (Lipinski definition) is 2. The molecule has 17 heavy (non-hydrogen) atoms. The molecule has 90 valence electrons. The molecule has 1 aromatic heterocycles. The van der Waals surface area contributed by atoms with Gasteiger partial charge in [0.1, 0.15) is 5.82 Å². The summed E-state index contributed by atoms with van der Waals surface area (Å²) in [6.45, 7) is 1.97. The zero-order valence-electron chi connectivity index (χ0n) is 9.01. The van der Waals surface area contributed by atoms with Crippen LogP contribution in [-0.4, -0.2) is 0 Å². The Bertz CT molecular complexity index is 509. The van der Waals surface area contributed by atoms with Crippen LogP contribution in [0.25, 0.3) is 0 Å². The van der Waals surface area contributed by atoms with Gasteiger partial charge in [-0.2, -0.15) is 0 Å². The molecule has 1 atom stereocenters. The Morgan fingerprint density at radius 1 is 1.35 bits per heavy atom. The van der Waals surface area contributed by atoms with Crippen LogP contribution in [0.15, 0.2) is 34.1 Å². The van der Waals surface area contributed by atoms with Crippen molar-refractivity contribution in [2.24, 2.45) is 0 Å². The van der Waals surface area contributed by atoms with Gasteiger partial charge in [0.25, 0.3) is 0 Å². The predicted octanol–water partition coefficient (Wildman–Crippen LogP) is 5.48. The fourth-order valence-corrected chi connectivity index (χ4v) is 3.13. The highest BCUT2D eigenvalue weighted by Gasteiger charge is 2.12. The van der Waals surface area contributed by atoms with Crippen molar-refractivity contribution in [2.75, 3.05) is 5.32 Å². The predicted molar refractivity (Wildman–Crippen MR) is 75.5 cm³/mol. The Balaban J connectivity index is 2.21. The summed E-state index contributed by atoms with van der Waals surface area (Å²) in [6.07, 6.45) is 0. The van der Waals surface area contributed by atoms with E-state index in [9.17, 15) is 4.39 Å². The third-order valence-corrected chi connectivity index (χ3v) is 4.47. The second kappa shape index (κ2) is 5.38. The molecule has 0 bridgehead atoms. The van der Waals surface area contributed by atoms with Crippen molar-refractivity contribution in [3.8, 4) is 0 Å². The largest absolute Gasteiger partial charge is 0.374 e. The topological polar surface area (TPSA) is 12.0 Å². The molecule has 0 aliphatic rings. The van der Waals surface area contributed by atoms with E-state index in [0.717, 1.165) is 8.66 Å². The molecule has 2 rings (SSSR count). The van der Waals surface area contributed by atoms with Gasteiger partial charge in [0.05, 0.1) is 20.5 Å². The van der Waals surface area contributed by atoms with Crippen LogP contribution < -0.4 is 5.32 Å². The van der Waals surface area contributed by atoms with Gasteiger partial charge in [-0.15, -0.1) is 11.3 Å². The van der Waals surface area contributed by atoms with E-state index in [4.69, 9.17) is 11.6 Å². The SMILES string of the molecule is CC(Nc1c(F)cccc1Cl)c1ccc(Br)s1. The minimum absolute atomic E-state index is 0.0145. The van der Waals surface area contributed by atoms with E-state index in [-0.39, 0.29) is 11.9 Å². The maximum Gasteiger partial charge on any atom is 0.147 e. The molecule has 1 unspecified atom stereocenters. The van der Waals surface area contributed by atoms with Crippen molar-refractivity contribution >= 4 is 44.6 Å². The molecule has 0 spiro atoms. The van der Waals surface area contributed by atoms with Crippen molar-refractivity contribution in [3.05, 3.63) is 49.8 Å². The highest BCUT2D eigenvalue weighted by molar-refractivity contribution is 9.11. The molecule has 1 nitrogen and oxygen atoms in total. The number of rotatable bonds is 3. The van der Waals surface area contributed by atoms with Gasteiger partial charge in [-0.05, 0) is 47.1 Å². The highest BCUT2D eigenvalue weighted by Crippen LogP contribution is 2.32. The van der Waals surface area contributed by atoms with Crippen LogP contribution in [0, 0.1) is 5.82 Å². The first kappa shape index (κ1) is 12.9. The van der Waals surface area contributed by atoms with Gasteiger partial charge in [0.15, 0.2) is 0 Å². The number of anilines is 1. The first-order valence-electron chi connectivity index (χ1n) is 5.03. The molecular weight excluding hydrogens is 325 g/mol. The third-order valence-electron chi connectivity index (χ3n) is 2.34. The molecule has 0 amide bonds. The smallest absolute Gasteiger partial charge is 0.147 e. The second-order valence-corrected chi connectivity index (χ2v) is 6.51. The lowest BCUT2D eigenvalue weighted by atomic mass is 10.2. The fourth-order valence-electron chi connectivity index (χ4n) is 1.48. The maximum atomic E-state index is 13.6. The summed E-state index contributed by atoms with van der Waals surface area (Å²) < 4.78 is 14.6. The number of hydrogen-bond donors (Lipinski definition) is 1. The molecule has 1 N–H and O–H groups in total. The number of thiophene rings is 1. The van der Waals surface area contributed by atoms with E-state index in [0.29, 0.717) is 10.7 Å². The van der Waals surface area contributed by atoms with Gasteiger partial charge in [0.2, 0.25) is 0 Å². The van der Waals surface area contributed by atoms with Crippen LogP contribution in [0.5, 0.6) is 0 Å². The normalized spacial score (nSPS) is 12.5. The summed E-state index contributed by atoms with van der Waals surface area (Å²) in [7, 11) is 0. The Morgan fingerprint density at radius 3 is 2.71 bits per heavy atom. The first-order chi connectivity index (χ1) is 8.08. The van der Waals surface area contributed by atoms with Crippen LogP contribution in [0.1, 0.15) is 17.8 Å². The lowest BCUT2D eigenvalue weighted by Crippen LogP contribution is -2.06. The Labute approximate surface area is 117 Å². The van der Waals surface area contributed by atoms with Crippen molar-refractivity contribution in [1.82, 2.24) is 0 Å². The average Bonchev–Trinajstić information content (AvgIpc) is 2.70. The van der Waals surface area contributed by atoms with E-state index in [1.54, 1.807) is 23.5 Å². The Morgan fingerprint density at radius 2 is 2.12 bits per heavy atom. The average molecular weight is 335 g/mol. The molecule has 2 aromatic rings. The van der Waals surface area contributed by atoms with Crippen LogP contribution in [0.4, 0.5) is 10.1 Å². The molecule has 0 fully saturated rings. The minimum atomic E-state index is -0.333. The number of benzene rings is 1.